The van der Waals surface area contributed by atoms with Crippen LogP contribution >= 0.6 is 0 Å². The van der Waals surface area contributed by atoms with Crippen LogP contribution in [0, 0.1) is 6.92 Å². The van der Waals surface area contributed by atoms with E-state index in [-0.39, 0.29) is 11.5 Å². The van der Waals surface area contributed by atoms with Crippen LogP contribution in [0.2, 0.25) is 0 Å². The summed E-state index contributed by atoms with van der Waals surface area (Å²) in [6, 6.07) is 0. The Morgan fingerprint density at radius 2 is 2.11 bits per heavy atom. The summed E-state index contributed by atoms with van der Waals surface area (Å²) >= 11 is 0. The van der Waals surface area contributed by atoms with Crippen LogP contribution in [0.1, 0.15) is 35.3 Å². The molecule has 0 saturated carbocycles. The number of likely N-dealkylation sites (tertiary alicyclic amines) is 1. The maximum absolute atomic E-state index is 12.3. The molecule has 18 heavy (non-hydrogen) atoms. The SMILES string of the molecule is Cc1ncncc1C(=O)N1CCC2(CCO2)CC1. The second-order valence-corrected chi connectivity index (χ2v) is 5.10. The summed E-state index contributed by atoms with van der Waals surface area (Å²) in [6.07, 6.45) is 6.12. The topological polar surface area (TPSA) is 55.3 Å². The van der Waals surface area contributed by atoms with Crippen LogP contribution in [0.3, 0.4) is 0 Å². The van der Waals surface area contributed by atoms with Gasteiger partial charge in [0.25, 0.3) is 5.91 Å². The van der Waals surface area contributed by atoms with Gasteiger partial charge in [-0.2, -0.15) is 0 Å². The highest BCUT2D eigenvalue weighted by Crippen LogP contribution is 2.36. The van der Waals surface area contributed by atoms with Crippen molar-refractivity contribution in [3.05, 3.63) is 23.8 Å². The Balaban J connectivity index is 1.69. The summed E-state index contributed by atoms with van der Waals surface area (Å²) in [5, 5.41) is 0. The van der Waals surface area contributed by atoms with Gasteiger partial charge in [-0.05, 0) is 26.2 Å². The fourth-order valence-corrected chi connectivity index (χ4v) is 2.67. The number of aromatic nitrogens is 2. The molecule has 0 atom stereocenters. The lowest BCUT2D eigenvalue weighted by Crippen LogP contribution is -2.53. The van der Waals surface area contributed by atoms with Crippen LogP contribution in [-0.4, -0.2) is 46.1 Å². The standard InChI is InChI=1S/C13H17N3O2/c1-10-11(8-14-9-15-10)12(17)16-5-2-13(3-6-16)4-7-18-13/h8-9H,2-7H2,1H3. The molecule has 3 rings (SSSR count). The van der Waals surface area contributed by atoms with Gasteiger partial charge in [-0.15, -0.1) is 0 Å². The molecule has 5 nitrogen and oxygen atoms in total. The third-order valence-electron chi connectivity index (χ3n) is 4.07. The molecule has 1 spiro atoms. The van der Waals surface area contributed by atoms with Crippen molar-refractivity contribution in [3.8, 4) is 0 Å². The van der Waals surface area contributed by atoms with Crippen LogP contribution in [0.15, 0.2) is 12.5 Å². The van der Waals surface area contributed by atoms with Crippen molar-refractivity contribution in [1.29, 1.82) is 0 Å². The van der Waals surface area contributed by atoms with Gasteiger partial charge in [0.1, 0.15) is 6.33 Å². The molecule has 2 aliphatic heterocycles. The number of hydrogen-bond donors (Lipinski definition) is 0. The first-order valence-electron chi connectivity index (χ1n) is 6.40. The van der Waals surface area contributed by atoms with Crippen LogP contribution in [-0.2, 0) is 4.74 Å². The second-order valence-electron chi connectivity index (χ2n) is 5.10. The van der Waals surface area contributed by atoms with E-state index in [4.69, 9.17) is 4.74 Å². The fraction of sp³-hybridized carbons (Fsp3) is 0.615. The largest absolute Gasteiger partial charge is 0.375 e. The third kappa shape index (κ3) is 1.88. The summed E-state index contributed by atoms with van der Waals surface area (Å²) in [5.74, 6) is 0.0438. The van der Waals surface area contributed by atoms with E-state index in [9.17, 15) is 4.79 Å². The van der Waals surface area contributed by atoms with Crippen molar-refractivity contribution in [2.75, 3.05) is 19.7 Å². The molecule has 5 heteroatoms. The van der Waals surface area contributed by atoms with Crippen molar-refractivity contribution in [1.82, 2.24) is 14.9 Å². The molecular formula is C13H17N3O2. The molecule has 0 aliphatic carbocycles. The number of carbonyl (C=O) groups excluding carboxylic acids is 1. The zero-order valence-corrected chi connectivity index (χ0v) is 10.6. The van der Waals surface area contributed by atoms with E-state index >= 15 is 0 Å². The van der Waals surface area contributed by atoms with E-state index in [1.807, 2.05) is 11.8 Å². The number of piperidine rings is 1. The summed E-state index contributed by atoms with van der Waals surface area (Å²) in [6.45, 7) is 4.26. The minimum absolute atomic E-state index is 0.0438. The Bertz CT molecular complexity index is 461. The highest BCUT2D eigenvalue weighted by molar-refractivity contribution is 5.94. The van der Waals surface area contributed by atoms with E-state index < -0.39 is 0 Å². The van der Waals surface area contributed by atoms with Crippen molar-refractivity contribution in [2.45, 2.75) is 31.8 Å². The van der Waals surface area contributed by atoms with E-state index in [1.54, 1.807) is 6.20 Å². The van der Waals surface area contributed by atoms with Crippen LogP contribution in [0.25, 0.3) is 0 Å². The first-order valence-corrected chi connectivity index (χ1v) is 6.40. The van der Waals surface area contributed by atoms with E-state index in [0.717, 1.165) is 44.7 Å². The predicted molar refractivity (Wildman–Crippen MR) is 65.2 cm³/mol. The van der Waals surface area contributed by atoms with Crippen LogP contribution < -0.4 is 0 Å². The molecule has 96 valence electrons. The minimum atomic E-state index is 0.0438. The Morgan fingerprint density at radius 3 is 2.67 bits per heavy atom. The number of aryl methyl sites for hydroxylation is 1. The van der Waals surface area contributed by atoms with Crippen molar-refractivity contribution >= 4 is 5.91 Å². The van der Waals surface area contributed by atoms with Gasteiger partial charge < -0.3 is 9.64 Å². The molecular weight excluding hydrogens is 230 g/mol. The second kappa shape index (κ2) is 4.31. The van der Waals surface area contributed by atoms with Crippen molar-refractivity contribution in [2.24, 2.45) is 0 Å². The Labute approximate surface area is 106 Å². The fourth-order valence-electron chi connectivity index (χ4n) is 2.67. The van der Waals surface area contributed by atoms with Gasteiger partial charge in [0.15, 0.2) is 0 Å². The smallest absolute Gasteiger partial charge is 0.257 e. The Kier molecular flexibility index (Phi) is 2.78. The van der Waals surface area contributed by atoms with Gasteiger partial charge in [-0.25, -0.2) is 9.97 Å². The minimum Gasteiger partial charge on any atom is -0.375 e. The molecule has 0 radical (unpaired) electrons. The molecule has 3 heterocycles. The number of nitrogens with zero attached hydrogens (tertiary/aromatic N) is 3. The van der Waals surface area contributed by atoms with Gasteiger partial charge in [0.2, 0.25) is 0 Å². The van der Waals surface area contributed by atoms with Gasteiger partial charge >= 0.3 is 0 Å². The molecule has 2 aliphatic rings. The lowest BCUT2D eigenvalue weighted by molar-refractivity contribution is -0.169. The average Bonchev–Trinajstić information content (AvgIpc) is 2.37. The van der Waals surface area contributed by atoms with Gasteiger partial charge in [-0.1, -0.05) is 0 Å². The van der Waals surface area contributed by atoms with Crippen LogP contribution in [0.5, 0.6) is 0 Å². The van der Waals surface area contributed by atoms with Gasteiger partial charge in [0.05, 0.1) is 23.5 Å². The predicted octanol–water partition coefficient (Wildman–Crippen LogP) is 1.18. The van der Waals surface area contributed by atoms with Crippen molar-refractivity contribution in [3.63, 3.8) is 0 Å². The van der Waals surface area contributed by atoms with Gasteiger partial charge in [0, 0.05) is 19.3 Å². The Hall–Kier alpha value is -1.49. The first-order chi connectivity index (χ1) is 8.70. The molecule has 2 saturated heterocycles. The number of hydrogen-bond acceptors (Lipinski definition) is 4. The van der Waals surface area contributed by atoms with E-state index in [2.05, 4.69) is 9.97 Å². The average molecular weight is 247 g/mol. The van der Waals surface area contributed by atoms with E-state index in [0.29, 0.717) is 5.56 Å². The lowest BCUT2D eigenvalue weighted by Gasteiger charge is -2.47. The Morgan fingerprint density at radius 1 is 1.39 bits per heavy atom. The molecule has 2 fully saturated rings. The summed E-state index contributed by atoms with van der Waals surface area (Å²) in [5.41, 5.74) is 1.44. The maximum Gasteiger partial charge on any atom is 0.257 e. The lowest BCUT2D eigenvalue weighted by atomic mass is 9.84. The highest BCUT2D eigenvalue weighted by atomic mass is 16.5. The molecule has 1 aromatic heterocycles. The molecule has 1 aromatic rings. The molecule has 0 N–H and O–H groups in total. The molecule has 0 unspecified atom stereocenters. The third-order valence-corrected chi connectivity index (χ3v) is 4.07. The zero-order chi connectivity index (χ0) is 12.6. The number of carbonyl (C=O) groups is 1. The molecule has 0 aromatic carbocycles. The number of ether oxygens (including phenoxy) is 1. The molecule has 0 bridgehead atoms. The maximum atomic E-state index is 12.3. The quantitative estimate of drug-likeness (QED) is 0.747. The number of amides is 1. The normalized spacial score (nSPS) is 21.7. The van der Waals surface area contributed by atoms with Gasteiger partial charge in [-0.3, -0.25) is 4.79 Å². The monoisotopic (exact) mass is 247 g/mol. The summed E-state index contributed by atoms with van der Waals surface area (Å²) in [4.78, 5) is 22.2. The number of rotatable bonds is 1. The molecule has 1 amide bonds. The van der Waals surface area contributed by atoms with E-state index in [1.165, 1.54) is 6.33 Å². The highest BCUT2D eigenvalue weighted by Gasteiger charge is 2.42. The summed E-state index contributed by atoms with van der Waals surface area (Å²) < 4.78 is 5.65. The summed E-state index contributed by atoms with van der Waals surface area (Å²) in [7, 11) is 0. The first kappa shape index (κ1) is 11.6. The van der Waals surface area contributed by atoms with Crippen molar-refractivity contribution < 1.29 is 9.53 Å². The zero-order valence-electron chi connectivity index (χ0n) is 10.6. The van der Waals surface area contributed by atoms with Crippen LogP contribution in [0.4, 0.5) is 0 Å².